The maximum atomic E-state index is 13.8. The van der Waals surface area contributed by atoms with Gasteiger partial charge in [0.15, 0.2) is 11.5 Å². The van der Waals surface area contributed by atoms with Gasteiger partial charge in [-0.15, -0.1) is 0 Å². The lowest BCUT2D eigenvalue weighted by Gasteiger charge is -2.31. The largest absolute Gasteiger partial charge is 0.504 e. The lowest BCUT2D eigenvalue weighted by molar-refractivity contribution is 0.313. The Hall–Kier alpha value is -2.70. The number of aliphatic imine (C=N–C) groups is 1. The minimum Gasteiger partial charge on any atom is -0.504 e. The summed E-state index contributed by atoms with van der Waals surface area (Å²) >= 11 is 3.28. The topological polar surface area (TPSA) is 53.8 Å². The Balaban J connectivity index is 1.75. The van der Waals surface area contributed by atoms with E-state index >= 15 is 0 Å². The molecule has 4 nitrogen and oxygen atoms in total. The van der Waals surface area contributed by atoms with Crippen LogP contribution in [0.3, 0.4) is 0 Å². The Kier molecular flexibility index (Phi) is 6.92. The number of aromatic hydroxyl groups is 1. The smallest absolute Gasteiger partial charge is 0.162 e. The van der Waals surface area contributed by atoms with Crippen molar-refractivity contribution in [2.45, 2.75) is 38.9 Å². The number of benzene rings is 3. The van der Waals surface area contributed by atoms with E-state index < -0.39 is 0 Å². The van der Waals surface area contributed by atoms with Gasteiger partial charge < -0.3 is 9.84 Å². The quantitative estimate of drug-likeness (QED) is 0.410. The van der Waals surface area contributed by atoms with Crippen LogP contribution in [0, 0.1) is 5.82 Å². The van der Waals surface area contributed by atoms with Gasteiger partial charge in [0.2, 0.25) is 0 Å². The van der Waals surface area contributed by atoms with E-state index in [9.17, 15) is 9.50 Å². The number of halogens is 2. The predicted octanol–water partition coefficient (Wildman–Crippen LogP) is 6.48. The number of ether oxygens (including phenoxy) is 1. The summed E-state index contributed by atoms with van der Waals surface area (Å²) in [6.07, 6.45) is 1.19. The molecule has 4 rings (SSSR count). The third-order valence-corrected chi connectivity index (χ3v) is 6.31. The van der Waals surface area contributed by atoms with Gasteiger partial charge in [-0.1, -0.05) is 49.4 Å². The van der Waals surface area contributed by atoms with Gasteiger partial charge in [-0.3, -0.25) is 10.3 Å². The first kappa shape index (κ1) is 22.5. The summed E-state index contributed by atoms with van der Waals surface area (Å²) in [5.74, 6) is 0.278. The van der Waals surface area contributed by atoms with Gasteiger partial charge in [-0.05, 0) is 64.2 Å². The molecule has 2 unspecified atom stereocenters. The van der Waals surface area contributed by atoms with Crippen molar-refractivity contribution in [3.63, 3.8) is 0 Å². The molecule has 2 N–H and O–H groups in total. The number of phenols is 1. The second-order valence-electron chi connectivity index (χ2n) is 7.75. The van der Waals surface area contributed by atoms with Gasteiger partial charge in [0.1, 0.15) is 12.0 Å². The zero-order chi connectivity index (χ0) is 22.7. The number of para-hydroxylation sites is 1. The highest BCUT2D eigenvalue weighted by Crippen LogP contribution is 2.39. The number of nitrogens with zero attached hydrogens (tertiary/aromatic N) is 1. The van der Waals surface area contributed by atoms with Crippen LogP contribution in [-0.4, -0.2) is 17.4 Å². The van der Waals surface area contributed by atoms with Crippen molar-refractivity contribution < 1.29 is 14.2 Å². The molecule has 1 aliphatic rings. The van der Waals surface area contributed by atoms with Crippen molar-refractivity contribution >= 4 is 21.6 Å². The molecule has 6 heteroatoms. The molecule has 0 saturated carbocycles. The predicted molar refractivity (Wildman–Crippen MR) is 129 cm³/mol. The minimum absolute atomic E-state index is 0.133. The van der Waals surface area contributed by atoms with E-state index in [1.807, 2.05) is 19.1 Å². The van der Waals surface area contributed by atoms with Crippen molar-refractivity contribution in [3.05, 3.63) is 93.2 Å². The van der Waals surface area contributed by atoms with Gasteiger partial charge in [0.25, 0.3) is 0 Å². The second-order valence-corrected chi connectivity index (χ2v) is 8.61. The number of aryl methyl sites for hydroxylation is 1. The summed E-state index contributed by atoms with van der Waals surface area (Å²) in [4.78, 5) is 4.96. The van der Waals surface area contributed by atoms with E-state index in [0.29, 0.717) is 23.2 Å². The number of rotatable bonds is 6. The average molecular weight is 497 g/mol. The molecule has 0 aromatic heterocycles. The van der Waals surface area contributed by atoms with Crippen LogP contribution in [0.15, 0.2) is 70.1 Å². The summed E-state index contributed by atoms with van der Waals surface area (Å²) in [6, 6.07) is 18.7. The van der Waals surface area contributed by atoms with E-state index in [-0.39, 0.29) is 23.8 Å². The van der Waals surface area contributed by atoms with Gasteiger partial charge in [-0.25, -0.2) is 4.39 Å². The summed E-state index contributed by atoms with van der Waals surface area (Å²) < 4.78 is 19.8. The summed E-state index contributed by atoms with van der Waals surface area (Å²) in [5.41, 5.74) is 4.83. The highest BCUT2D eigenvalue weighted by atomic mass is 79.9. The van der Waals surface area contributed by atoms with Crippen molar-refractivity contribution in [1.29, 1.82) is 0 Å². The monoisotopic (exact) mass is 496 g/mol. The van der Waals surface area contributed by atoms with E-state index in [0.717, 1.165) is 28.8 Å². The third-order valence-electron chi connectivity index (χ3n) is 5.70. The molecule has 1 aliphatic heterocycles. The fourth-order valence-electron chi connectivity index (χ4n) is 3.96. The van der Waals surface area contributed by atoms with Crippen molar-refractivity contribution in [2.75, 3.05) is 6.61 Å². The molecule has 0 radical (unpaired) electrons. The Morgan fingerprint density at radius 2 is 1.91 bits per heavy atom. The molecule has 0 spiro atoms. The first-order chi connectivity index (χ1) is 15.5. The second kappa shape index (κ2) is 9.84. The maximum Gasteiger partial charge on any atom is 0.162 e. The van der Waals surface area contributed by atoms with Crippen LogP contribution < -0.4 is 10.1 Å². The Morgan fingerprint density at radius 1 is 1.12 bits per heavy atom. The molecule has 32 heavy (non-hydrogen) atoms. The zero-order valence-electron chi connectivity index (χ0n) is 18.1. The molecule has 0 bridgehead atoms. The van der Waals surface area contributed by atoms with Crippen LogP contribution >= 0.6 is 15.9 Å². The van der Waals surface area contributed by atoms with Gasteiger partial charge in [-0.2, -0.15) is 0 Å². The first-order valence-corrected chi connectivity index (χ1v) is 11.6. The Morgan fingerprint density at radius 3 is 2.59 bits per heavy atom. The van der Waals surface area contributed by atoms with Crippen LogP contribution in [0.1, 0.15) is 54.7 Å². The van der Waals surface area contributed by atoms with E-state index in [2.05, 4.69) is 52.4 Å². The number of hydrogen-bond acceptors (Lipinski definition) is 4. The van der Waals surface area contributed by atoms with Crippen molar-refractivity contribution in [3.8, 4) is 11.5 Å². The molecule has 3 aromatic rings. The van der Waals surface area contributed by atoms with Gasteiger partial charge in [0.05, 0.1) is 11.1 Å². The Labute approximate surface area is 196 Å². The molecule has 1 heterocycles. The molecule has 0 fully saturated rings. The SMILES string of the molecule is CCOc1cccc(C2CC(c3ccc(CC)cc3)=NC(c3ccc(F)c(Br)c3)N2)c1O. The van der Waals surface area contributed by atoms with E-state index in [1.54, 1.807) is 18.2 Å². The highest BCUT2D eigenvalue weighted by Gasteiger charge is 2.29. The van der Waals surface area contributed by atoms with Crippen LogP contribution in [0.4, 0.5) is 4.39 Å². The first-order valence-electron chi connectivity index (χ1n) is 10.8. The lowest BCUT2D eigenvalue weighted by Crippen LogP contribution is -2.33. The van der Waals surface area contributed by atoms with Crippen LogP contribution in [0.5, 0.6) is 11.5 Å². The third kappa shape index (κ3) is 4.71. The standard InChI is InChI=1S/C26H26BrFN2O2/c1-3-16-8-10-17(11-9-16)22-15-23(19-6-5-7-24(25(19)31)32-4-2)30-26(29-22)18-12-13-21(28)20(27)14-18/h5-14,23,26,30-31H,3-4,15H2,1-2H3. The number of hydrogen-bond donors (Lipinski definition) is 2. The highest BCUT2D eigenvalue weighted by molar-refractivity contribution is 9.10. The maximum absolute atomic E-state index is 13.8. The summed E-state index contributed by atoms with van der Waals surface area (Å²) in [7, 11) is 0. The zero-order valence-corrected chi connectivity index (χ0v) is 19.7. The lowest BCUT2D eigenvalue weighted by atomic mass is 9.93. The molecule has 0 aliphatic carbocycles. The fraction of sp³-hybridized carbons (Fsp3) is 0.269. The average Bonchev–Trinajstić information content (AvgIpc) is 2.82. The van der Waals surface area contributed by atoms with Gasteiger partial charge in [0, 0.05) is 23.7 Å². The summed E-state index contributed by atoms with van der Waals surface area (Å²) in [5, 5.41) is 14.4. The molecule has 3 aromatic carbocycles. The molecular formula is C26H26BrFN2O2. The molecule has 2 atom stereocenters. The summed E-state index contributed by atoms with van der Waals surface area (Å²) in [6.45, 7) is 4.49. The van der Waals surface area contributed by atoms with Gasteiger partial charge >= 0.3 is 0 Å². The molecule has 0 amide bonds. The minimum atomic E-state index is -0.387. The fourth-order valence-corrected chi connectivity index (χ4v) is 4.36. The van der Waals surface area contributed by atoms with Crippen molar-refractivity contribution in [2.24, 2.45) is 4.99 Å². The van der Waals surface area contributed by atoms with E-state index in [1.165, 1.54) is 11.6 Å². The van der Waals surface area contributed by atoms with Crippen LogP contribution in [0.25, 0.3) is 0 Å². The van der Waals surface area contributed by atoms with Crippen LogP contribution in [-0.2, 0) is 6.42 Å². The van der Waals surface area contributed by atoms with Crippen molar-refractivity contribution in [1.82, 2.24) is 5.32 Å². The van der Waals surface area contributed by atoms with Crippen LogP contribution in [0.2, 0.25) is 0 Å². The molecule has 0 saturated heterocycles. The normalized spacial score (nSPS) is 18.3. The Bertz CT molecular complexity index is 1130. The molecule has 166 valence electrons. The number of nitrogens with one attached hydrogen (secondary N) is 1. The number of phenolic OH excluding ortho intramolecular Hbond substituents is 1. The molecular weight excluding hydrogens is 471 g/mol. The van der Waals surface area contributed by atoms with E-state index in [4.69, 9.17) is 9.73 Å².